The van der Waals surface area contributed by atoms with Crippen LogP contribution in [0.15, 0.2) is 88.6 Å². The molecule has 0 aliphatic heterocycles. The van der Waals surface area contributed by atoms with Gasteiger partial charge in [0, 0.05) is 29.9 Å². The Hall–Kier alpha value is -5.12. The quantitative estimate of drug-likeness (QED) is 0.215. The van der Waals surface area contributed by atoms with Gasteiger partial charge in [0.2, 0.25) is 5.91 Å². The van der Waals surface area contributed by atoms with Gasteiger partial charge in [-0.2, -0.15) is 0 Å². The molecule has 38 heavy (non-hydrogen) atoms. The number of aromatic hydroxyl groups is 1. The summed E-state index contributed by atoms with van der Waals surface area (Å²) in [7, 11) is 0. The number of carbonyl (C=O) groups excluding carboxylic acids is 1. The lowest BCUT2D eigenvalue weighted by Crippen LogP contribution is -2.50. The third-order valence-corrected chi connectivity index (χ3v) is 6.51. The van der Waals surface area contributed by atoms with Crippen molar-refractivity contribution in [2.75, 3.05) is 0 Å². The second-order valence-corrected chi connectivity index (χ2v) is 9.00. The topological polar surface area (TPSA) is 157 Å². The van der Waals surface area contributed by atoms with Crippen LogP contribution < -0.4 is 16.6 Å². The van der Waals surface area contributed by atoms with Crippen LogP contribution in [-0.4, -0.2) is 42.7 Å². The van der Waals surface area contributed by atoms with Gasteiger partial charge in [-0.15, -0.1) is 0 Å². The minimum absolute atomic E-state index is 0.0126. The number of aromatic nitrogens is 3. The summed E-state index contributed by atoms with van der Waals surface area (Å²) >= 11 is 0. The molecule has 0 spiro atoms. The first-order chi connectivity index (χ1) is 18.3. The van der Waals surface area contributed by atoms with Gasteiger partial charge in [-0.25, -0.2) is 14.2 Å². The number of carboxylic acid groups (broad SMARTS) is 1. The van der Waals surface area contributed by atoms with Crippen LogP contribution in [-0.2, 0) is 22.4 Å². The molecule has 2 heterocycles. The van der Waals surface area contributed by atoms with Crippen molar-refractivity contribution in [3.05, 3.63) is 111 Å². The van der Waals surface area contributed by atoms with Gasteiger partial charge in [-0.3, -0.25) is 9.59 Å². The monoisotopic (exact) mass is 512 g/mol. The summed E-state index contributed by atoms with van der Waals surface area (Å²) in [5, 5.41) is 23.2. The first kappa shape index (κ1) is 24.6. The molecule has 0 aliphatic carbocycles. The normalized spacial score (nSPS) is 12.8. The zero-order valence-electron chi connectivity index (χ0n) is 20.0. The van der Waals surface area contributed by atoms with E-state index in [1.54, 1.807) is 66.9 Å². The fourth-order valence-electron chi connectivity index (χ4n) is 4.62. The predicted molar refractivity (Wildman–Crippen MR) is 141 cm³/mol. The lowest BCUT2D eigenvalue weighted by Gasteiger charge is -2.22. The minimum atomic E-state index is -1.36. The Kier molecular flexibility index (Phi) is 6.53. The molecule has 0 saturated carbocycles. The summed E-state index contributed by atoms with van der Waals surface area (Å²) in [5.74, 6) is -2.05. The SMILES string of the molecule is O=C(O)[C@H](Cc1c[nH]c2ccc(O)cc12)NC(=O)[C@H](Cc1ccccc1)n1c(=O)[nH]c2ccccc2c1=O. The Morgan fingerprint density at radius 2 is 1.63 bits per heavy atom. The van der Waals surface area contributed by atoms with E-state index in [1.165, 1.54) is 12.1 Å². The van der Waals surface area contributed by atoms with E-state index >= 15 is 0 Å². The summed E-state index contributed by atoms with van der Waals surface area (Å²) in [6, 6.07) is 17.3. The Bertz CT molecular complexity index is 1770. The van der Waals surface area contributed by atoms with E-state index < -0.39 is 35.2 Å². The van der Waals surface area contributed by atoms with Gasteiger partial charge in [-0.05, 0) is 41.5 Å². The molecule has 5 rings (SSSR count). The van der Waals surface area contributed by atoms with Gasteiger partial charge in [0.25, 0.3) is 5.56 Å². The number of hydrogen-bond donors (Lipinski definition) is 5. The molecule has 192 valence electrons. The minimum Gasteiger partial charge on any atom is -0.508 e. The number of benzene rings is 3. The fourth-order valence-corrected chi connectivity index (χ4v) is 4.62. The number of amides is 1. The van der Waals surface area contributed by atoms with Gasteiger partial charge in [0.15, 0.2) is 0 Å². The number of nitrogens with one attached hydrogen (secondary N) is 3. The van der Waals surface area contributed by atoms with Crippen LogP contribution in [0, 0.1) is 0 Å². The van der Waals surface area contributed by atoms with E-state index in [9.17, 15) is 29.4 Å². The average molecular weight is 513 g/mol. The zero-order valence-corrected chi connectivity index (χ0v) is 20.0. The van der Waals surface area contributed by atoms with Crippen molar-refractivity contribution in [1.29, 1.82) is 0 Å². The number of fused-ring (bicyclic) bond motifs is 2. The standard InChI is InChI=1S/C28H24N4O6/c33-18-10-11-21-20(14-18)17(15-29-21)13-23(27(36)37)30-25(34)24(12-16-6-2-1-3-7-16)32-26(35)19-8-4-5-9-22(19)31-28(32)38/h1-11,14-15,23-24,29,33H,12-13H2,(H,30,34)(H,31,38)(H,36,37)/t23-,24-/m0/s1. The van der Waals surface area contributed by atoms with Gasteiger partial charge in [0.05, 0.1) is 10.9 Å². The lowest BCUT2D eigenvalue weighted by molar-refractivity contribution is -0.142. The molecule has 2 aromatic heterocycles. The molecule has 2 atom stereocenters. The van der Waals surface area contributed by atoms with Crippen LogP contribution >= 0.6 is 0 Å². The van der Waals surface area contributed by atoms with E-state index in [2.05, 4.69) is 15.3 Å². The molecular weight excluding hydrogens is 488 g/mol. The van der Waals surface area contributed by atoms with Crippen molar-refractivity contribution in [3.8, 4) is 5.75 Å². The number of rotatable bonds is 8. The molecule has 10 heteroatoms. The second kappa shape index (κ2) is 10.1. The van der Waals surface area contributed by atoms with Crippen molar-refractivity contribution in [2.45, 2.75) is 24.9 Å². The smallest absolute Gasteiger partial charge is 0.329 e. The van der Waals surface area contributed by atoms with Gasteiger partial charge < -0.3 is 25.5 Å². The summed E-state index contributed by atoms with van der Waals surface area (Å²) in [6.07, 6.45) is 1.51. The predicted octanol–water partition coefficient (Wildman–Crippen LogP) is 2.47. The number of para-hydroxylation sites is 1. The number of aromatic amines is 2. The lowest BCUT2D eigenvalue weighted by atomic mass is 10.0. The first-order valence-corrected chi connectivity index (χ1v) is 11.9. The number of carbonyl (C=O) groups is 2. The number of aliphatic carboxylic acids is 1. The van der Waals surface area contributed by atoms with Crippen molar-refractivity contribution in [1.82, 2.24) is 19.9 Å². The Balaban J connectivity index is 1.52. The van der Waals surface area contributed by atoms with Crippen LogP contribution in [0.4, 0.5) is 0 Å². The highest BCUT2D eigenvalue weighted by Gasteiger charge is 2.30. The summed E-state index contributed by atoms with van der Waals surface area (Å²) in [5.41, 5.74) is 0.867. The van der Waals surface area contributed by atoms with Crippen LogP contribution in [0.3, 0.4) is 0 Å². The van der Waals surface area contributed by atoms with E-state index in [1.807, 2.05) is 0 Å². The van der Waals surface area contributed by atoms with E-state index in [-0.39, 0.29) is 24.0 Å². The van der Waals surface area contributed by atoms with Crippen molar-refractivity contribution in [3.63, 3.8) is 0 Å². The van der Waals surface area contributed by atoms with E-state index in [0.29, 0.717) is 27.5 Å². The largest absolute Gasteiger partial charge is 0.508 e. The van der Waals surface area contributed by atoms with Crippen molar-refractivity contribution >= 4 is 33.7 Å². The highest BCUT2D eigenvalue weighted by molar-refractivity contribution is 5.89. The Labute approximate surface area is 215 Å². The van der Waals surface area contributed by atoms with Crippen LogP contribution in [0.25, 0.3) is 21.8 Å². The third-order valence-electron chi connectivity index (χ3n) is 6.51. The highest BCUT2D eigenvalue weighted by atomic mass is 16.4. The highest BCUT2D eigenvalue weighted by Crippen LogP contribution is 2.24. The Morgan fingerprint density at radius 3 is 2.39 bits per heavy atom. The maximum Gasteiger partial charge on any atom is 0.329 e. The molecule has 0 fully saturated rings. The summed E-state index contributed by atoms with van der Waals surface area (Å²) in [4.78, 5) is 57.8. The van der Waals surface area contributed by atoms with Crippen LogP contribution in [0.1, 0.15) is 17.2 Å². The van der Waals surface area contributed by atoms with Crippen LogP contribution in [0.2, 0.25) is 0 Å². The molecule has 5 aromatic rings. The third kappa shape index (κ3) is 4.79. The molecule has 0 radical (unpaired) electrons. The molecule has 0 unspecified atom stereocenters. The van der Waals surface area contributed by atoms with Gasteiger partial charge in [0.1, 0.15) is 17.8 Å². The molecule has 0 saturated heterocycles. The number of nitrogens with zero attached hydrogens (tertiary/aromatic N) is 1. The molecular formula is C28H24N4O6. The van der Waals surface area contributed by atoms with Gasteiger partial charge >= 0.3 is 11.7 Å². The Morgan fingerprint density at radius 1 is 0.895 bits per heavy atom. The molecule has 0 aliphatic rings. The average Bonchev–Trinajstić information content (AvgIpc) is 3.29. The maximum absolute atomic E-state index is 13.6. The van der Waals surface area contributed by atoms with Crippen molar-refractivity contribution in [2.24, 2.45) is 0 Å². The molecule has 10 nitrogen and oxygen atoms in total. The summed E-state index contributed by atoms with van der Waals surface area (Å²) in [6.45, 7) is 0. The zero-order chi connectivity index (χ0) is 26.8. The molecule has 0 bridgehead atoms. The van der Waals surface area contributed by atoms with Crippen molar-refractivity contribution < 1.29 is 19.8 Å². The van der Waals surface area contributed by atoms with E-state index in [4.69, 9.17) is 0 Å². The summed E-state index contributed by atoms with van der Waals surface area (Å²) < 4.78 is 0.841. The number of phenolic OH excluding ortho intramolecular Hbond substituents is 1. The molecule has 3 aromatic carbocycles. The number of phenols is 1. The number of H-pyrrole nitrogens is 2. The number of hydrogen-bond acceptors (Lipinski definition) is 5. The number of carboxylic acids is 1. The fraction of sp³-hybridized carbons (Fsp3) is 0.143. The maximum atomic E-state index is 13.6. The molecule has 5 N–H and O–H groups in total. The van der Waals surface area contributed by atoms with E-state index in [0.717, 1.165) is 4.57 Å². The first-order valence-electron chi connectivity index (χ1n) is 11.9. The van der Waals surface area contributed by atoms with Gasteiger partial charge in [-0.1, -0.05) is 42.5 Å². The van der Waals surface area contributed by atoms with Crippen LogP contribution in [0.5, 0.6) is 5.75 Å². The molecule has 1 amide bonds. The second-order valence-electron chi connectivity index (χ2n) is 9.00.